The second kappa shape index (κ2) is 8.21. The zero-order valence-corrected chi connectivity index (χ0v) is 14.1. The molecule has 1 saturated heterocycles. The molecule has 1 heterocycles. The number of hydrogen-bond donors (Lipinski definition) is 1. The largest absolute Gasteiger partial charge is 0.352 e. The molecule has 3 rings (SSSR count). The van der Waals surface area contributed by atoms with Crippen LogP contribution in [0.25, 0.3) is 0 Å². The summed E-state index contributed by atoms with van der Waals surface area (Å²) in [5, 5.41) is 2.77. The van der Waals surface area contributed by atoms with Gasteiger partial charge in [-0.25, -0.2) is 8.78 Å². The first-order chi connectivity index (χ1) is 12.1. The highest BCUT2D eigenvalue weighted by molar-refractivity contribution is 5.94. The normalized spacial score (nSPS) is 15.9. The summed E-state index contributed by atoms with van der Waals surface area (Å²) in [6.07, 6.45) is 2.00. The van der Waals surface area contributed by atoms with Gasteiger partial charge in [0.25, 0.3) is 5.91 Å². The van der Waals surface area contributed by atoms with E-state index in [1.54, 1.807) is 0 Å². The van der Waals surface area contributed by atoms with Crippen LogP contribution in [0.3, 0.4) is 0 Å². The highest BCUT2D eigenvalue weighted by atomic mass is 19.1. The average molecular weight is 344 g/mol. The smallest absolute Gasteiger partial charge is 0.254 e. The molecule has 0 spiro atoms. The van der Waals surface area contributed by atoms with E-state index in [0.29, 0.717) is 12.5 Å². The Morgan fingerprint density at radius 3 is 2.48 bits per heavy atom. The van der Waals surface area contributed by atoms with Gasteiger partial charge in [-0.2, -0.15) is 0 Å². The van der Waals surface area contributed by atoms with Crippen molar-refractivity contribution in [3.05, 3.63) is 71.3 Å². The summed E-state index contributed by atoms with van der Waals surface area (Å²) in [6, 6.07) is 13.4. The number of amides is 1. The van der Waals surface area contributed by atoms with Gasteiger partial charge in [-0.15, -0.1) is 0 Å². The summed E-state index contributed by atoms with van der Waals surface area (Å²) in [5.74, 6) is -1.60. The van der Waals surface area contributed by atoms with Crippen LogP contribution in [0.4, 0.5) is 8.78 Å². The Morgan fingerprint density at radius 2 is 1.80 bits per heavy atom. The Bertz CT molecular complexity index is 713. The molecule has 3 nitrogen and oxygen atoms in total. The van der Waals surface area contributed by atoms with Gasteiger partial charge in [0.05, 0.1) is 5.56 Å². The SMILES string of the molecule is O=C(NCC1CCN(Cc2ccccc2)CC1)c1ccc(F)cc1F. The van der Waals surface area contributed by atoms with Crippen molar-refractivity contribution < 1.29 is 13.6 Å². The minimum absolute atomic E-state index is 0.108. The molecule has 1 aliphatic rings. The Morgan fingerprint density at radius 1 is 1.08 bits per heavy atom. The summed E-state index contributed by atoms with van der Waals surface area (Å²) in [6.45, 7) is 3.44. The molecule has 0 atom stereocenters. The first kappa shape index (κ1) is 17.5. The van der Waals surface area contributed by atoms with Crippen molar-refractivity contribution in [3.63, 3.8) is 0 Å². The van der Waals surface area contributed by atoms with E-state index in [-0.39, 0.29) is 5.56 Å². The first-order valence-electron chi connectivity index (χ1n) is 8.61. The predicted octanol–water partition coefficient (Wildman–Crippen LogP) is 3.61. The lowest BCUT2D eigenvalue weighted by molar-refractivity contribution is 0.0931. The van der Waals surface area contributed by atoms with Gasteiger partial charge in [0.2, 0.25) is 0 Å². The van der Waals surface area contributed by atoms with Crippen LogP contribution in [0.1, 0.15) is 28.8 Å². The van der Waals surface area contributed by atoms with Gasteiger partial charge < -0.3 is 5.32 Å². The van der Waals surface area contributed by atoms with Crippen LogP contribution in [-0.2, 0) is 6.54 Å². The Labute approximate surface area is 146 Å². The Balaban J connectivity index is 1.44. The zero-order valence-electron chi connectivity index (χ0n) is 14.1. The van der Waals surface area contributed by atoms with Gasteiger partial charge in [0, 0.05) is 19.2 Å². The molecule has 0 unspecified atom stereocenters. The fourth-order valence-electron chi connectivity index (χ4n) is 3.20. The molecule has 132 valence electrons. The third kappa shape index (κ3) is 4.86. The second-order valence-electron chi connectivity index (χ2n) is 6.54. The topological polar surface area (TPSA) is 32.3 Å². The maximum atomic E-state index is 13.6. The number of likely N-dealkylation sites (tertiary alicyclic amines) is 1. The van der Waals surface area contributed by atoms with Crippen LogP contribution in [0.5, 0.6) is 0 Å². The maximum absolute atomic E-state index is 13.6. The van der Waals surface area contributed by atoms with Gasteiger partial charge >= 0.3 is 0 Å². The van der Waals surface area contributed by atoms with Crippen LogP contribution < -0.4 is 5.32 Å². The van der Waals surface area contributed by atoms with E-state index >= 15 is 0 Å². The molecular weight excluding hydrogens is 322 g/mol. The quantitative estimate of drug-likeness (QED) is 0.899. The van der Waals surface area contributed by atoms with E-state index in [1.807, 2.05) is 18.2 Å². The molecule has 25 heavy (non-hydrogen) atoms. The molecule has 1 N–H and O–H groups in total. The van der Waals surface area contributed by atoms with Gasteiger partial charge in [-0.05, 0) is 49.5 Å². The van der Waals surface area contributed by atoms with Gasteiger partial charge in [-0.1, -0.05) is 30.3 Å². The molecule has 5 heteroatoms. The van der Waals surface area contributed by atoms with E-state index in [0.717, 1.165) is 44.6 Å². The number of halogens is 2. The van der Waals surface area contributed by atoms with E-state index in [9.17, 15) is 13.6 Å². The minimum atomic E-state index is -0.824. The molecule has 0 aliphatic carbocycles. The van der Waals surface area contributed by atoms with E-state index in [1.165, 1.54) is 11.6 Å². The van der Waals surface area contributed by atoms with Crippen LogP contribution in [-0.4, -0.2) is 30.4 Å². The van der Waals surface area contributed by atoms with E-state index < -0.39 is 17.5 Å². The van der Waals surface area contributed by atoms with Gasteiger partial charge in [0.15, 0.2) is 0 Å². The molecule has 0 saturated carbocycles. The highest BCUT2D eigenvalue weighted by Crippen LogP contribution is 2.19. The molecule has 2 aromatic carbocycles. The lowest BCUT2D eigenvalue weighted by atomic mass is 9.96. The molecule has 1 aliphatic heterocycles. The summed E-state index contributed by atoms with van der Waals surface area (Å²) in [5.41, 5.74) is 1.20. The van der Waals surface area contributed by atoms with Crippen molar-refractivity contribution in [2.75, 3.05) is 19.6 Å². The minimum Gasteiger partial charge on any atom is -0.352 e. The van der Waals surface area contributed by atoms with Gasteiger partial charge in [0.1, 0.15) is 11.6 Å². The summed E-state index contributed by atoms with van der Waals surface area (Å²) >= 11 is 0. The average Bonchev–Trinajstić information content (AvgIpc) is 2.62. The fourth-order valence-corrected chi connectivity index (χ4v) is 3.20. The third-order valence-electron chi connectivity index (χ3n) is 4.68. The summed E-state index contributed by atoms with van der Waals surface area (Å²) < 4.78 is 26.5. The van der Waals surface area contributed by atoms with Crippen molar-refractivity contribution in [2.45, 2.75) is 19.4 Å². The molecular formula is C20H22F2N2O. The Kier molecular flexibility index (Phi) is 5.76. The summed E-state index contributed by atoms with van der Waals surface area (Å²) in [4.78, 5) is 14.5. The second-order valence-corrected chi connectivity index (χ2v) is 6.54. The van der Waals surface area contributed by atoms with Crippen LogP contribution in [0.15, 0.2) is 48.5 Å². The number of carbonyl (C=O) groups is 1. The maximum Gasteiger partial charge on any atom is 0.254 e. The first-order valence-corrected chi connectivity index (χ1v) is 8.61. The third-order valence-corrected chi connectivity index (χ3v) is 4.68. The number of hydrogen-bond acceptors (Lipinski definition) is 2. The molecule has 1 amide bonds. The lowest BCUT2D eigenvalue weighted by Crippen LogP contribution is -2.38. The van der Waals surface area contributed by atoms with Crippen LogP contribution in [0.2, 0.25) is 0 Å². The monoisotopic (exact) mass is 344 g/mol. The number of rotatable bonds is 5. The molecule has 0 radical (unpaired) electrons. The highest BCUT2D eigenvalue weighted by Gasteiger charge is 2.20. The van der Waals surface area contributed by atoms with E-state index in [2.05, 4.69) is 22.3 Å². The van der Waals surface area contributed by atoms with Crippen LogP contribution >= 0.6 is 0 Å². The van der Waals surface area contributed by atoms with Crippen molar-refractivity contribution in [3.8, 4) is 0 Å². The molecule has 0 aromatic heterocycles. The molecule has 1 fully saturated rings. The predicted molar refractivity (Wildman–Crippen MR) is 93.1 cm³/mol. The number of nitrogens with zero attached hydrogens (tertiary/aromatic N) is 1. The number of benzene rings is 2. The lowest BCUT2D eigenvalue weighted by Gasteiger charge is -2.32. The van der Waals surface area contributed by atoms with E-state index in [4.69, 9.17) is 0 Å². The van der Waals surface area contributed by atoms with Crippen molar-refractivity contribution in [2.24, 2.45) is 5.92 Å². The summed E-state index contributed by atoms with van der Waals surface area (Å²) in [7, 11) is 0. The standard InChI is InChI=1S/C20H22F2N2O/c21-17-6-7-18(19(22)12-17)20(25)23-13-15-8-10-24(11-9-15)14-16-4-2-1-3-5-16/h1-7,12,15H,8-11,13-14H2,(H,23,25). The number of carbonyl (C=O) groups excluding carboxylic acids is 1. The molecule has 2 aromatic rings. The number of nitrogens with one attached hydrogen (secondary N) is 1. The molecule has 0 bridgehead atoms. The van der Waals surface area contributed by atoms with Gasteiger partial charge in [-0.3, -0.25) is 9.69 Å². The van der Waals surface area contributed by atoms with Crippen LogP contribution in [0, 0.1) is 17.6 Å². The fraction of sp³-hybridized carbons (Fsp3) is 0.350. The Hall–Kier alpha value is -2.27. The van der Waals surface area contributed by atoms with Crippen molar-refractivity contribution in [1.29, 1.82) is 0 Å². The number of piperidine rings is 1. The van der Waals surface area contributed by atoms with Crippen molar-refractivity contribution >= 4 is 5.91 Å². The van der Waals surface area contributed by atoms with Crippen molar-refractivity contribution in [1.82, 2.24) is 10.2 Å². The zero-order chi connectivity index (χ0) is 17.6.